The van der Waals surface area contributed by atoms with Crippen LogP contribution in [0.25, 0.3) is 0 Å². The average molecular weight is 274 g/mol. The van der Waals surface area contributed by atoms with Crippen LogP contribution in [0, 0.1) is 18.2 Å². The number of hydrogen-bond acceptors (Lipinski definition) is 2. The summed E-state index contributed by atoms with van der Waals surface area (Å²) in [5.74, 6) is -0.262. The van der Waals surface area contributed by atoms with E-state index in [1.165, 1.54) is 12.1 Å². The molecule has 5 heteroatoms. The van der Waals surface area contributed by atoms with E-state index in [4.69, 9.17) is 4.74 Å². The second-order valence-corrected chi connectivity index (χ2v) is 5.14. The number of nitrogens with one attached hydrogen (secondary N) is 1. The van der Waals surface area contributed by atoms with Crippen LogP contribution in [0.1, 0.15) is 31.0 Å². The molecule has 0 unspecified atom stereocenters. The fraction of sp³-hybridized carbons (Fsp3) is 0.462. The number of ether oxygens (including phenoxy) is 1. The van der Waals surface area contributed by atoms with Crippen LogP contribution < -0.4 is 5.32 Å². The van der Waals surface area contributed by atoms with E-state index < -0.39 is 6.09 Å². The van der Waals surface area contributed by atoms with Crippen LogP contribution in [-0.4, -0.2) is 12.7 Å². The average Bonchev–Trinajstić information content (AvgIpc) is 2.23. The lowest BCUT2D eigenvalue weighted by Gasteiger charge is -2.39. The summed E-state index contributed by atoms with van der Waals surface area (Å²) in [6.07, 6.45) is -0.418. The van der Waals surface area contributed by atoms with Crippen molar-refractivity contribution in [2.45, 2.75) is 26.8 Å². The standard InChI is InChI=1S/C13H16FNO2.ClH/c1-8-6-9(14)4-5-10(8)11-13(2,3)7-17-12(16)15-11;/h4-6,11H,7H2,1-3H3,(H,15,16);1H/t11-;/m0./s1. The van der Waals surface area contributed by atoms with Gasteiger partial charge < -0.3 is 10.1 Å². The summed E-state index contributed by atoms with van der Waals surface area (Å²) < 4.78 is 18.1. The van der Waals surface area contributed by atoms with Gasteiger partial charge >= 0.3 is 6.09 Å². The van der Waals surface area contributed by atoms with Gasteiger partial charge in [-0.25, -0.2) is 9.18 Å². The zero-order valence-corrected chi connectivity index (χ0v) is 11.4. The Morgan fingerprint density at radius 2 is 2.11 bits per heavy atom. The summed E-state index contributed by atoms with van der Waals surface area (Å²) in [5, 5.41) is 2.80. The number of carbonyl (C=O) groups excluding carboxylic acids is 1. The van der Waals surface area contributed by atoms with Gasteiger partial charge in [-0.3, -0.25) is 0 Å². The summed E-state index contributed by atoms with van der Waals surface area (Å²) in [6.45, 7) is 6.23. The quantitative estimate of drug-likeness (QED) is 0.852. The molecule has 1 aliphatic heterocycles. The lowest BCUT2D eigenvalue weighted by molar-refractivity contribution is 0.0385. The van der Waals surface area contributed by atoms with Crippen molar-refractivity contribution in [3.63, 3.8) is 0 Å². The van der Waals surface area contributed by atoms with Crippen molar-refractivity contribution < 1.29 is 13.9 Å². The first-order valence-corrected chi connectivity index (χ1v) is 5.59. The number of alkyl carbamates (subject to hydrolysis) is 1. The van der Waals surface area contributed by atoms with Gasteiger partial charge in [-0.1, -0.05) is 19.9 Å². The third-order valence-corrected chi connectivity index (χ3v) is 3.16. The molecular formula is C13H17ClFNO2. The minimum Gasteiger partial charge on any atom is -0.449 e. The van der Waals surface area contributed by atoms with Crippen LogP contribution in [0.2, 0.25) is 0 Å². The fourth-order valence-electron chi connectivity index (χ4n) is 2.15. The molecule has 1 aromatic carbocycles. The summed E-state index contributed by atoms with van der Waals surface area (Å²) in [5.41, 5.74) is 1.56. The Bertz CT molecular complexity index is 462. The van der Waals surface area contributed by atoms with Crippen LogP contribution in [0.4, 0.5) is 9.18 Å². The molecule has 0 saturated carbocycles. The van der Waals surface area contributed by atoms with Crippen molar-refractivity contribution in [3.8, 4) is 0 Å². The van der Waals surface area contributed by atoms with Gasteiger partial charge in [0.05, 0.1) is 6.04 Å². The number of rotatable bonds is 1. The first kappa shape index (κ1) is 14.8. The number of hydrogen-bond donors (Lipinski definition) is 1. The van der Waals surface area contributed by atoms with E-state index in [0.29, 0.717) is 6.61 Å². The van der Waals surface area contributed by atoms with Crippen LogP contribution in [-0.2, 0) is 4.74 Å². The predicted molar refractivity (Wildman–Crippen MR) is 69.4 cm³/mol. The molecule has 18 heavy (non-hydrogen) atoms. The highest BCUT2D eigenvalue weighted by Gasteiger charge is 2.38. The monoisotopic (exact) mass is 273 g/mol. The highest BCUT2D eigenvalue weighted by atomic mass is 35.5. The maximum Gasteiger partial charge on any atom is 0.407 e. The van der Waals surface area contributed by atoms with E-state index in [-0.39, 0.29) is 29.7 Å². The maximum atomic E-state index is 13.1. The van der Waals surface area contributed by atoms with E-state index >= 15 is 0 Å². The number of cyclic esters (lactones) is 1. The SMILES string of the molecule is Cc1cc(F)ccc1[C@@H]1NC(=O)OCC1(C)C.Cl. The molecule has 1 heterocycles. The van der Waals surface area contributed by atoms with Gasteiger partial charge in [-0.2, -0.15) is 0 Å². The number of benzene rings is 1. The van der Waals surface area contributed by atoms with E-state index in [1.54, 1.807) is 6.07 Å². The van der Waals surface area contributed by atoms with Crippen LogP contribution in [0.15, 0.2) is 18.2 Å². The third kappa shape index (κ3) is 2.75. The molecule has 0 radical (unpaired) electrons. The lowest BCUT2D eigenvalue weighted by Crippen LogP contribution is -2.47. The molecule has 1 aromatic rings. The molecule has 1 N–H and O–H groups in total. The normalized spacial score (nSPS) is 21.6. The zero-order chi connectivity index (χ0) is 12.6. The van der Waals surface area contributed by atoms with Gasteiger partial charge in [0.2, 0.25) is 0 Å². The third-order valence-electron chi connectivity index (χ3n) is 3.16. The van der Waals surface area contributed by atoms with Gasteiger partial charge in [-0.05, 0) is 30.2 Å². The summed E-state index contributed by atoms with van der Waals surface area (Å²) >= 11 is 0. The largest absolute Gasteiger partial charge is 0.449 e. The lowest BCUT2D eigenvalue weighted by atomic mass is 9.79. The molecule has 1 aliphatic rings. The van der Waals surface area contributed by atoms with Crippen molar-refractivity contribution in [3.05, 3.63) is 35.1 Å². The van der Waals surface area contributed by atoms with Crippen LogP contribution >= 0.6 is 12.4 Å². The van der Waals surface area contributed by atoms with Gasteiger partial charge in [0.25, 0.3) is 0 Å². The molecule has 1 fully saturated rings. The Kier molecular flexibility index (Phi) is 4.22. The van der Waals surface area contributed by atoms with Gasteiger partial charge in [-0.15, -0.1) is 12.4 Å². The summed E-state index contributed by atoms with van der Waals surface area (Å²) in [4.78, 5) is 11.3. The predicted octanol–water partition coefficient (Wildman–Crippen LogP) is 3.36. The molecule has 0 bridgehead atoms. The second-order valence-electron chi connectivity index (χ2n) is 5.14. The molecule has 1 amide bonds. The maximum absolute atomic E-state index is 13.1. The highest BCUT2D eigenvalue weighted by Crippen LogP contribution is 2.37. The topological polar surface area (TPSA) is 38.3 Å². The van der Waals surface area contributed by atoms with Crippen molar-refractivity contribution >= 4 is 18.5 Å². The first-order chi connectivity index (χ1) is 7.90. The van der Waals surface area contributed by atoms with Crippen LogP contribution in [0.3, 0.4) is 0 Å². The second kappa shape index (κ2) is 5.14. The molecule has 1 saturated heterocycles. The van der Waals surface area contributed by atoms with E-state index in [2.05, 4.69) is 5.32 Å². The van der Waals surface area contributed by atoms with Gasteiger partial charge in [0.15, 0.2) is 0 Å². The molecule has 1 atom stereocenters. The molecule has 0 spiro atoms. The Morgan fingerprint density at radius 3 is 2.72 bits per heavy atom. The van der Waals surface area contributed by atoms with Gasteiger partial charge in [0.1, 0.15) is 12.4 Å². The number of aryl methyl sites for hydroxylation is 1. The molecule has 0 aromatic heterocycles. The highest BCUT2D eigenvalue weighted by molar-refractivity contribution is 5.85. The minimum atomic E-state index is -0.418. The Morgan fingerprint density at radius 1 is 1.44 bits per heavy atom. The van der Waals surface area contributed by atoms with Crippen molar-refractivity contribution in [1.29, 1.82) is 0 Å². The van der Waals surface area contributed by atoms with Crippen LogP contribution in [0.5, 0.6) is 0 Å². The molecule has 2 rings (SSSR count). The Hall–Kier alpha value is -1.29. The molecule has 0 aliphatic carbocycles. The number of amides is 1. The smallest absolute Gasteiger partial charge is 0.407 e. The van der Waals surface area contributed by atoms with Gasteiger partial charge in [0, 0.05) is 5.41 Å². The zero-order valence-electron chi connectivity index (χ0n) is 10.6. The minimum absolute atomic E-state index is 0. The Balaban J connectivity index is 0.00000162. The van der Waals surface area contributed by atoms with Crippen molar-refractivity contribution in [2.75, 3.05) is 6.61 Å². The van der Waals surface area contributed by atoms with E-state index in [1.807, 2.05) is 20.8 Å². The summed E-state index contributed by atoms with van der Waals surface area (Å²) in [6, 6.07) is 4.47. The molecular weight excluding hydrogens is 257 g/mol. The Labute approximate surface area is 112 Å². The molecule has 3 nitrogen and oxygen atoms in total. The van der Waals surface area contributed by atoms with Crippen molar-refractivity contribution in [1.82, 2.24) is 5.32 Å². The summed E-state index contributed by atoms with van der Waals surface area (Å²) in [7, 11) is 0. The molecule has 100 valence electrons. The van der Waals surface area contributed by atoms with Crippen molar-refractivity contribution in [2.24, 2.45) is 5.41 Å². The first-order valence-electron chi connectivity index (χ1n) is 5.59. The van der Waals surface area contributed by atoms with E-state index in [0.717, 1.165) is 11.1 Å². The number of halogens is 2. The number of carbonyl (C=O) groups is 1. The fourth-order valence-corrected chi connectivity index (χ4v) is 2.15. The van der Waals surface area contributed by atoms with E-state index in [9.17, 15) is 9.18 Å².